The molecule has 0 aromatic carbocycles. The van der Waals surface area contributed by atoms with Gasteiger partial charge < -0.3 is 26.0 Å². The fourth-order valence-corrected chi connectivity index (χ4v) is 5.43. The van der Waals surface area contributed by atoms with Crippen LogP contribution in [-0.4, -0.2) is 66.2 Å². The van der Waals surface area contributed by atoms with Gasteiger partial charge in [0.1, 0.15) is 22.4 Å². The number of hydrogen-bond donors (Lipinski definition) is 5. The van der Waals surface area contributed by atoms with E-state index in [1.54, 1.807) is 11.3 Å². The average molecular weight is 459 g/mol. The van der Waals surface area contributed by atoms with Crippen molar-refractivity contribution in [1.82, 2.24) is 19.9 Å². The van der Waals surface area contributed by atoms with Gasteiger partial charge in [0, 0.05) is 24.3 Å². The Bertz CT molecular complexity index is 1130. The van der Waals surface area contributed by atoms with E-state index >= 15 is 0 Å². The van der Waals surface area contributed by atoms with Crippen molar-refractivity contribution in [1.29, 1.82) is 0 Å². The first-order chi connectivity index (χ1) is 15.2. The van der Waals surface area contributed by atoms with Crippen molar-refractivity contribution < 1.29 is 15.3 Å². The minimum atomic E-state index is -1.01. The molecule has 3 heterocycles. The molecule has 32 heavy (non-hydrogen) atoms. The molecule has 0 aliphatic heterocycles. The highest BCUT2D eigenvalue weighted by Crippen LogP contribution is 2.38. The van der Waals surface area contributed by atoms with Crippen LogP contribution in [0.25, 0.3) is 20.8 Å². The smallest absolute Gasteiger partial charge is 0.225 e. The molecule has 1 aliphatic rings. The van der Waals surface area contributed by atoms with Crippen molar-refractivity contribution in [3.8, 4) is 10.6 Å². The van der Waals surface area contributed by atoms with Gasteiger partial charge in [0.25, 0.3) is 0 Å². The fourth-order valence-electron chi connectivity index (χ4n) is 4.22. The van der Waals surface area contributed by atoms with Crippen molar-refractivity contribution in [2.24, 2.45) is 5.92 Å². The number of hydrogen-bond acceptors (Lipinski definition) is 10. The van der Waals surface area contributed by atoms with E-state index in [1.807, 2.05) is 40.7 Å². The predicted octanol–water partition coefficient (Wildman–Crippen LogP) is 2.41. The molecule has 9 nitrogen and oxygen atoms in total. The minimum absolute atomic E-state index is 0.143. The summed E-state index contributed by atoms with van der Waals surface area (Å²) in [5.74, 6) is 0.628. The van der Waals surface area contributed by atoms with Gasteiger partial charge in [0.15, 0.2) is 0 Å². The molecule has 5 N–H and O–H groups in total. The van der Waals surface area contributed by atoms with Crippen LogP contribution >= 0.6 is 11.3 Å². The molecule has 1 aliphatic carbocycles. The van der Waals surface area contributed by atoms with Crippen LogP contribution in [0.5, 0.6) is 0 Å². The number of pyridine rings is 1. The zero-order valence-corrected chi connectivity index (χ0v) is 19.7. The van der Waals surface area contributed by atoms with Gasteiger partial charge in [-0.3, -0.25) is 4.98 Å². The lowest BCUT2D eigenvalue weighted by Crippen LogP contribution is -2.35. The Kier molecular flexibility index (Phi) is 6.30. The van der Waals surface area contributed by atoms with Gasteiger partial charge >= 0.3 is 0 Å². The van der Waals surface area contributed by atoms with E-state index in [0.717, 1.165) is 37.9 Å². The van der Waals surface area contributed by atoms with Gasteiger partial charge in [0.2, 0.25) is 5.95 Å². The number of nitrogens with one attached hydrogen (secondary N) is 2. The number of nitrogens with zero attached hydrogens (tertiary/aromatic N) is 4. The second-order valence-electron chi connectivity index (χ2n) is 8.78. The number of fused-ring (bicyclic) bond motifs is 1. The highest BCUT2D eigenvalue weighted by molar-refractivity contribution is 7.21. The summed E-state index contributed by atoms with van der Waals surface area (Å²) in [6.07, 6.45) is -1.58. The predicted molar refractivity (Wildman–Crippen MR) is 126 cm³/mol. The fraction of sp³-hybridized carbons (Fsp3) is 0.545. The van der Waals surface area contributed by atoms with E-state index < -0.39 is 18.2 Å². The summed E-state index contributed by atoms with van der Waals surface area (Å²) >= 11 is 1.55. The Labute approximate surface area is 191 Å². The first kappa shape index (κ1) is 22.8. The molecule has 1 fully saturated rings. The van der Waals surface area contributed by atoms with Gasteiger partial charge in [-0.2, -0.15) is 4.98 Å². The van der Waals surface area contributed by atoms with E-state index in [0.29, 0.717) is 18.2 Å². The number of anilines is 2. The highest BCUT2D eigenvalue weighted by Gasteiger charge is 2.41. The Morgan fingerprint density at radius 1 is 1.06 bits per heavy atom. The summed E-state index contributed by atoms with van der Waals surface area (Å²) in [6, 6.07) is 1.71. The second kappa shape index (κ2) is 8.86. The number of aliphatic hydroxyl groups is 3. The molecular weight excluding hydrogens is 428 g/mol. The van der Waals surface area contributed by atoms with Crippen LogP contribution in [0.15, 0.2) is 6.07 Å². The van der Waals surface area contributed by atoms with Crippen molar-refractivity contribution >= 4 is 33.3 Å². The number of aryl methyl sites for hydroxylation is 3. The molecule has 4 rings (SSSR count). The molecule has 4 atom stereocenters. The Morgan fingerprint density at radius 2 is 1.81 bits per heavy atom. The standard InChI is InChI=1S/C22H30N6O3S/c1-9(2)23-22-25-11(4)16(21-27-17-12(5)24-10(3)6-15(17)32-21)20(28-22)26-14-7-13(8-29)18(30)19(14)31/h6,9,13-14,18-19,29-31H,7-8H2,1-5H3,(H2,23,25,26,28)/t13-,14-,18-,19+/m1/s1. The number of aliphatic hydroxyl groups excluding tert-OH is 3. The van der Waals surface area contributed by atoms with Crippen LogP contribution in [0.3, 0.4) is 0 Å². The lowest BCUT2D eigenvalue weighted by atomic mass is 10.1. The minimum Gasteiger partial charge on any atom is -0.396 e. The van der Waals surface area contributed by atoms with Gasteiger partial charge in [-0.05, 0) is 47.1 Å². The highest BCUT2D eigenvalue weighted by atomic mass is 32.1. The van der Waals surface area contributed by atoms with Gasteiger partial charge in [-0.25, -0.2) is 9.97 Å². The Morgan fingerprint density at radius 3 is 2.47 bits per heavy atom. The van der Waals surface area contributed by atoms with Gasteiger partial charge in [-0.15, -0.1) is 11.3 Å². The third kappa shape index (κ3) is 4.27. The zero-order chi connectivity index (χ0) is 23.2. The van der Waals surface area contributed by atoms with Crippen LogP contribution < -0.4 is 10.6 Å². The summed E-state index contributed by atoms with van der Waals surface area (Å²) in [5.41, 5.74) is 4.16. The maximum atomic E-state index is 10.5. The quantitative estimate of drug-likeness (QED) is 0.377. The van der Waals surface area contributed by atoms with Crippen molar-refractivity contribution in [2.75, 3.05) is 17.2 Å². The lowest BCUT2D eigenvalue weighted by molar-refractivity contribution is 0.00446. The summed E-state index contributed by atoms with van der Waals surface area (Å²) in [4.78, 5) is 18.7. The number of rotatable bonds is 6. The van der Waals surface area contributed by atoms with Crippen LogP contribution in [0.4, 0.5) is 11.8 Å². The van der Waals surface area contributed by atoms with Gasteiger partial charge in [-0.1, -0.05) is 0 Å². The molecule has 0 saturated heterocycles. The molecule has 172 valence electrons. The third-order valence-corrected chi connectivity index (χ3v) is 6.78. The molecule has 1 saturated carbocycles. The van der Waals surface area contributed by atoms with Crippen molar-refractivity contribution in [2.45, 2.75) is 65.3 Å². The molecular formula is C22H30N6O3S. The third-order valence-electron chi connectivity index (χ3n) is 5.76. The summed E-state index contributed by atoms with van der Waals surface area (Å²) in [7, 11) is 0. The molecule has 0 unspecified atom stereocenters. The van der Waals surface area contributed by atoms with Crippen LogP contribution in [-0.2, 0) is 0 Å². The topological polar surface area (TPSA) is 136 Å². The van der Waals surface area contributed by atoms with E-state index in [4.69, 9.17) is 9.97 Å². The first-order valence-corrected chi connectivity index (χ1v) is 11.6. The number of thiazole rings is 1. The summed E-state index contributed by atoms with van der Waals surface area (Å²) in [6.45, 7) is 9.65. The average Bonchev–Trinajstić information content (AvgIpc) is 3.23. The number of aromatic nitrogens is 4. The molecule has 10 heteroatoms. The molecule has 0 radical (unpaired) electrons. The maximum absolute atomic E-state index is 10.5. The van der Waals surface area contributed by atoms with Crippen molar-refractivity contribution in [3.05, 3.63) is 23.1 Å². The summed E-state index contributed by atoms with van der Waals surface area (Å²) < 4.78 is 1.04. The Balaban J connectivity index is 1.80. The van der Waals surface area contributed by atoms with E-state index in [9.17, 15) is 15.3 Å². The van der Waals surface area contributed by atoms with Crippen LogP contribution in [0.1, 0.15) is 37.4 Å². The summed E-state index contributed by atoms with van der Waals surface area (Å²) in [5, 5.41) is 37.7. The first-order valence-electron chi connectivity index (χ1n) is 10.8. The molecule has 3 aromatic heterocycles. The second-order valence-corrected chi connectivity index (χ2v) is 9.81. The molecule has 0 amide bonds. The van der Waals surface area contributed by atoms with E-state index in [2.05, 4.69) is 20.6 Å². The molecule has 0 spiro atoms. The van der Waals surface area contributed by atoms with E-state index in [1.165, 1.54) is 0 Å². The van der Waals surface area contributed by atoms with Crippen LogP contribution in [0, 0.1) is 26.7 Å². The van der Waals surface area contributed by atoms with E-state index in [-0.39, 0.29) is 18.6 Å². The molecule has 0 bridgehead atoms. The lowest BCUT2D eigenvalue weighted by Gasteiger charge is -2.21. The molecule has 3 aromatic rings. The largest absolute Gasteiger partial charge is 0.396 e. The van der Waals surface area contributed by atoms with Crippen LogP contribution in [0.2, 0.25) is 0 Å². The van der Waals surface area contributed by atoms with Gasteiger partial charge in [0.05, 0.1) is 33.8 Å². The van der Waals surface area contributed by atoms with Crippen molar-refractivity contribution in [3.63, 3.8) is 0 Å². The maximum Gasteiger partial charge on any atom is 0.225 e. The SMILES string of the molecule is Cc1cc2sc(-c3c(C)nc(NC(C)C)nc3N[C@@H]3C[C@H](CO)[C@@H](O)[C@H]3O)nc2c(C)n1. The Hall–Kier alpha value is -2.40. The zero-order valence-electron chi connectivity index (χ0n) is 18.9. The monoisotopic (exact) mass is 458 g/mol. The normalized spacial score (nSPS) is 23.3.